The number of aromatic nitrogens is 1. The van der Waals surface area contributed by atoms with Crippen LogP contribution >= 0.6 is 0 Å². The molecular formula is C18H23N3O2. The Balaban J connectivity index is 1.27. The SMILES string of the molecule is c1cncc(CO[C@H]2C[C@@H]3CN(Cc4ccoc4)CCN3C2)c1. The molecule has 5 nitrogen and oxygen atoms in total. The van der Waals surface area contributed by atoms with E-state index in [-0.39, 0.29) is 0 Å². The van der Waals surface area contributed by atoms with Crippen molar-refractivity contribution in [3.05, 3.63) is 54.2 Å². The maximum atomic E-state index is 6.11. The van der Waals surface area contributed by atoms with Gasteiger partial charge in [0, 0.05) is 56.7 Å². The summed E-state index contributed by atoms with van der Waals surface area (Å²) in [4.78, 5) is 9.25. The zero-order valence-corrected chi connectivity index (χ0v) is 13.3. The number of ether oxygens (including phenoxy) is 1. The lowest BCUT2D eigenvalue weighted by molar-refractivity contribution is 0.0457. The third kappa shape index (κ3) is 3.63. The first kappa shape index (κ1) is 14.9. The predicted molar refractivity (Wildman–Crippen MR) is 86.8 cm³/mol. The molecule has 2 aliphatic rings. The minimum Gasteiger partial charge on any atom is -0.472 e. The molecule has 0 amide bonds. The van der Waals surface area contributed by atoms with E-state index in [0.717, 1.165) is 44.7 Å². The number of pyridine rings is 1. The minimum atomic E-state index is 0.342. The first-order chi connectivity index (χ1) is 11.4. The van der Waals surface area contributed by atoms with E-state index in [0.29, 0.717) is 18.8 Å². The third-order valence-electron chi connectivity index (χ3n) is 4.86. The van der Waals surface area contributed by atoms with Crippen LogP contribution in [-0.4, -0.2) is 53.1 Å². The van der Waals surface area contributed by atoms with Crippen molar-refractivity contribution in [1.82, 2.24) is 14.8 Å². The molecule has 0 radical (unpaired) electrons. The van der Waals surface area contributed by atoms with Crippen LogP contribution in [0.3, 0.4) is 0 Å². The lowest BCUT2D eigenvalue weighted by atomic mass is 10.1. The Bertz CT molecular complexity index is 602. The number of rotatable bonds is 5. The largest absolute Gasteiger partial charge is 0.472 e. The van der Waals surface area contributed by atoms with E-state index in [1.807, 2.05) is 18.5 Å². The van der Waals surface area contributed by atoms with E-state index in [1.54, 1.807) is 12.5 Å². The summed E-state index contributed by atoms with van der Waals surface area (Å²) in [6.45, 7) is 6.09. The average molecular weight is 313 g/mol. The first-order valence-corrected chi connectivity index (χ1v) is 8.35. The summed E-state index contributed by atoms with van der Waals surface area (Å²) in [7, 11) is 0. The lowest BCUT2D eigenvalue weighted by Crippen LogP contribution is -2.49. The van der Waals surface area contributed by atoms with Gasteiger partial charge in [0.1, 0.15) is 0 Å². The van der Waals surface area contributed by atoms with Gasteiger partial charge in [-0.1, -0.05) is 6.07 Å². The van der Waals surface area contributed by atoms with Gasteiger partial charge in [-0.3, -0.25) is 14.8 Å². The normalized spacial score (nSPS) is 25.6. The molecule has 0 saturated carbocycles. The summed E-state index contributed by atoms with van der Waals surface area (Å²) in [5.74, 6) is 0. The zero-order valence-electron chi connectivity index (χ0n) is 13.3. The van der Waals surface area contributed by atoms with Crippen molar-refractivity contribution in [1.29, 1.82) is 0 Å². The highest BCUT2D eigenvalue weighted by Crippen LogP contribution is 2.25. The molecule has 4 rings (SSSR count). The third-order valence-corrected chi connectivity index (χ3v) is 4.86. The van der Waals surface area contributed by atoms with Crippen LogP contribution < -0.4 is 0 Å². The van der Waals surface area contributed by atoms with Gasteiger partial charge in [0.15, 0.2) is 0 Å². The van der Waals surface area contributed by atoms with Crippen LogP contribution in [0.15, 0.2) is 47.5 Å². The average Bonchev–Trinajstić information content (AvgIpc) is 3.23. The molecule has 4 heterocycles. The molecule has 0 bridgehead atoms. The summed E-state index contributed by atoms with van der Waals surface area (Å²) in [6, 6.07) is 6.71. The number of furan rings is 1. The van der Waals surface area contributed by atoms with Crippen molar-refractivity contribution >= 4 is 0 Å². The number of hydrogen-bond acceptors (Lipinski definition) is 5. The number of piperazine rings is 1. The lowest BCUT2D eigenvalue weighted by Gasteiger charge is -2.37. The Morgan fingerprint density at radius 3 is 3.04 bits per heavy atom. The first-order valence-electron chi connectivity index (χ1n) is 8.35. The second-order valence-electron chi connectivity index (χ2n) is 6.55. The van der Waals surface area contributed by atoms with Crippen LogP contribution in [0.5, 0.6) is 0 Å². The molecule has 2 saturated heterocycles. The molecule has 2 atom stereocenters. The summed E-state index contributed by atoms with van der Waals surface area (Å²) < 4.78 is 11.3. The van der Waals surface area contributed by atoms with Gasteiger partial charge in [0.05, 0.1) is 25.2 Å². The second-order valence-corrected chi connectivity index (χ2v) is 6.55. The van der Waals surface area contributed by atoms with Gasteiger partial charge in [-0.2, -0.15) is 0 Å². The van der Waals surface area contributed by atoms with E-state index in [4.69, 9.17) is 9.15 Å². The maximum Gasteiger partial charge on any atom is 0.0947 e. The van der Waals surface area contributed by atoms with Gasteiger partial charge in [-0.05, 0) is 24.1 Å². The van der Waals surface area contributed by atoms with E-state index < -0.39 is 0 Å². The second kappa shape index (κ2) is 6.83. The monoisotopic (exact) mass is 313 g/mol. The van der Waals surface area contributed by atoms with Crippen molar-refractivity contribution in [2.75, 3.05) is 26.2 Å². The van der Waals surface area contributed by atoms with Crippen LogP contribution in [0, 0.1) is 0 Å². The van der Waals surface area contributed by atoms with Crippen LogP contribution in [0.2, 0.25) is 0 Å². The topological polar surface area (TPSA) is 41.7 Å². The van der Waals surface area contributed by atoms with Gasteiger partial charge < -0.3 is 9.15 Å². The Labute approximate surface area is 136 Å². The van der Waals surface area contributed by atoms with Gasteiger partial charge in [0.2, 0.25) is 0 Å². The Kier molecular flexibility index (Phi) is 4.41. The fourth-order valence-electron chi connectivity index (χ4n) is 3.66. The van der Waals surface area contributed by atoms with Crippen molar-refractivity contribution in [2.24, 2.45) is 0 Å². The molecule has 5 heteroatoms. The summed E-state index contributed by atoms with van der Waals surface area (Å²) in [6.07, 6.45) is 8.75. The van der Waals surface area contributed by atoms with Gasteiger partial charge in [-0.15, -0.1) is 0 Å². The van der Waals surface area contributed by atoms with E-state index in [2.05, 4.69) is 26.9 Å². The highest BCUT2D eigenvalue weighted by Gasteiger charge is 2.36. The zero-order chi connectivity index (χ0) is 15.5. The van der Waals surface area contributed by atoms with E-state index >= 15 is 0 Å². The quantitative estimate of drug-likeness (QED) is 0.846. The predicted octanol–water partition coefficient (Wildman–Crippen LogP) is 2.15. The number of fused-ring (bicyclic) bond motifs is 1. The fourth-order valence-corrected chi connectivity index (χ4v) is 3.66. The summed E-state index contributed by atoms with van der Waals surface area (Å²) >= 11 is 0. The molecule has 0 aliphatic carbocycles. The number of hydrogen-bond donors (Lipinski definition) is 0. The van der Waals surface area contributed by atoms with Crippen LogP contribution in [0.4, 0.5) is 0 Å². The molecule has 2 fully saturated rings. The van der Waals surface area contributed by atoms with Crippen molar-refractivity contribution in [3.8, 4) is 0 Å². The van der Waals surface area contributed by atoms with Gasteiger partial charge in [-0.25, -0.2) is 0 Å². The summed E-state index contributed by atoms with van der Waals surface area (Å²) in [5.41, 5.74) is 2.42. The van der Waals surface area contributed by atoms with Crippen LogP contribution in [0.25, 0.3) is 0 Å². The molecule has 2 aromatic rings. The van der Waals surface area contributed by atoms with Gasteiger partial charge >= 0.3 is 0 Å². The molecule has 2 aromatic heterocycles. The molecule has 2 aliphatic heterocycles. The summed E-state index contributed by atoms with van der Waals surface area (Å²) in [5, 5.41) is 0. The number of nitrogens with zero attached hydrogens (tertiary/aromatic N) is 3. The molecule has 23 heavy (non-hydrogen) atoms. The maximum absolute atomic E-state index is 6.11. The van der Waals surface area contributed by atoms with Crippen molar-refractivity contribution in [2.45, 2.75) is 31.7 Å². The van der Waals surface area contributed by atoms with Crippen LogP contribution in [-0.2, 0) is 17.9 Å². The molecule has 0 spiro atoms. The standard InChI is InChI=1S/C18H23N3O2/c1-2-15(9-19-4-1)14-23-18-8-17-11-20(5-6-21(17)12-18)10-16-3-7-22-13-16/h1-4,7,9,13,17-18H,5-6,8,10-12,14H2/t17-,18+/m1/s1. The highest BCUT2D eigenvalue weighted by molar-refractivity contribution is 5.07. The van der Waals surface area contributed by atoms with E-state index in [9.17, 15) is 0 Å². The van der Waals surface area contributed by atoms with E-state index in [1.165, 1.54) is 5.56 Å². The molecule has 0 unspecified atom stereocenters. The Morgan fingerprint density at radius 1 is 1.22 bits per heavy atom. The van der Waals surface area contributed by atoms with Crippen molar-refractivity contribution < 1.29 is 9.15 Å². The molecule has 0 N–H and O–H groups in total. The molecule has 0 aromatic carbocycles. The molecule has 122 valence electrons. The van der Waals surface area contributed by atoms with Gasteiger partial charge in [0.25, 0.3) is 0 Å². The van der Waals surface area contributed by atoms with Crippen LogP contribution in [0.1, 0.15) is 17.5 Å². The fraction of sp³-hybridized carbons (Fsp3) is 0.500. The smallest absolute Gasteiger partial charge is 0.0947 e. The van der Waals surface area contributed by atoms with Crippen molar-refractivity contribution in [3.63, 3.8) is 0 Å². The Morgan fingerprint density at radius 2 is 2.22 bits per heavy atom. The Hall–Kier alpha value is -1.69. The minimum absolute atomic E-state index is 0.342. The highest BCUT2D eigenvalue weighted by atomic mass is 16.5. The molecular weight excluding hydrogens is 290 g/mol.